The largest absolute Gasteiger partial charge is 0.471 e. The van der Waals surface area contributed by atoms with Crippen LogP contribution in [-0.2, 0) is 19.8 Å². The van der Waals surface area contributed by atoms with Gasteiger partial charge in [0.25, 0.3) is 5.56 Å². The standard InChI is InChI=1S/C17H11ClF3N5O2/c1-25-12-3-2-10(18)7-11(12)22-13(25)8-26-5-4-9(6-14(26)27)15-23-16(28-24-15)17(19,20)21/h2-7H,8H2,1H3. The van der Waals surface area contributed by atoms with Crippen molar-refractivity contribution in [1.82, 2.24) is 24.3 Å². The molecule has 4 aromatic rings. The molecule has 3 aromatic heterocycles. The second-order valence-electron chi connectivity index (χ2n) is 6.02. The van der Waals surface area contributed by atoms with Gasteiger partial charge >= 0.3 is 12.1 Å². The summed E-state index contributed by atoms with van der Waals surface area (Å²) in [6.45, 7) is 0.169. The first kappa shape index (κ1) is 18.2. The van der Waals surface area contributed by atoms with Crippen molar-refractivity contribution in [2.75, 3.05) is 0 Å². The number of pyridine rings is 1. The normalized spacial score (nSPS) is 12.0. The van der Waals surface area contributed by atoms with Gasteiger partial charge in [0.1, 0.15) is 5.82 Å². The van der Waals surface area contributed by atoms with Crippen molar-refractivity contribution in [2.45, 2.75) is 12.7 Å². The first-order chi connectivity index (χ1) is 13.2. The van der Waals surface area contributed by atoms with Gasteiger partial charge in [-0.3, -0.25) is 4.79 Å². The quantitative estimate of drug-likeness (QED) is 0.517. The molecule has 0 bridgehead atoms. The van der Waals surface area contributed by atoms with E-state index in [1.54, 1.807) is 12.1 Å². The minimum atomic E-state index is -4.75. The van der Waals surface area contributed by atoms with Gasteiger partial charge in [-0.05, 0) is 24.3 Å². The van der Waals surface area contributed by atoms with E-state index in [9.17, 15) is 18.0 Å². The van der Waals surface area contributed by atoms with Crippen LogP contribution in [0, 0.1) is 0 Å². The number of fused-ring (bicyclic) bond motifs is 1. The van der Waals surface area contributed by atoms with E-state index in [2.05, 4.69) is 19.6 Å². The lowest BCUT2D eigenvalue weighted by atomic mass is 10.2. The molecule has 3 heterocycles. The van der Waals surface area contributed by atoms with E-state index in [-0.39, 0.29) is 17.9 Å². The minimum Gasteiger partial charge on any atom is -0.330 e. The molecule has 144 valence electrons. The van der Waals surface area contributed by atoms with Gasteiger partial charge in [0.05, 0.1) is 17.6 Å². The Kier molecular flexibility index (Phi) is 4.22. The molecule has 0 radical (unpaired) electrons. The molecule has 0 aliphatic heterocycles. The Morgan fingerprint density at radius 1 is 1.18 bits per heavy atom. The molecule has 4 rings (SSSR count). The van der Waals surface area contributed by atoms with E-state index >= 15 is 0 Å². The van der Waals surface area contributed by atoms with Crippen LogP contribution in [0.1, 0.15) is 11.7 Å². The van der Waals surface area contributed by atoms with Crippen LogP contribution in [0.5, 0.6) is 0 Å². The summed E-state index contributed by atoms with van der Waals surface area (Å²) >= 11 is 5.98. The van der Waals surface area contributed by atoms with Crippen LogP contribution in [0.2, 0.25) is 5.02 Å². The Morgan fingerprint density at radius 3 is 2.64 bits per heavy atom. The van der Waals surface area contributed by atoms with Crippen molar-refractivity contribution in [3.63, 3.8) is 0 Å². The lowest BCUT2D eigenvalue weighted by Gasteiger charge is -2.06. The molecule has 0 fully saturated rings. The van der Waals surface area contributed by atoms with Gasteiger partial charge in [0.2, 0.25) is 5.82 Å². The number of alkyl halides is 3. The lowest BCUT2D eigenvalue weighted by molar-refractivity contribution is -0.159. The zero-order valence-corrected chi connectivity index (χ0v) is 15.0. The number of imidazole rings is 1. The number of aryl methyl sites for hydroxylation is 1. The summed E-state index contributed by atoms with van der Waals surface area (Å²) in [6, 6.07) is 7.88. The molecule has 0 amide bonds. The number of nitrogens with zero attached hydrogens (tertiary/aromatic N) is 5. The molecule has 28 heavy (non-hydrogen) atoms. The number of halogens is 4. The smallest absolute Gasteiger partial charge is 0.330 e. The molecule has 7 nitrogen and oxygen atoms in total. The third-order valence-corrected chi connectivity index (χ3v) is 4.41. The number of hydrogen-bond donors (Lipinski definition) is 0. The van der Waals surface area contributed by atoms with E-state index in [0.717, 1.165) is 11.6 Å². The van der Waals surface area contributed by atoms with Crippen LogP contribution >= 0.6 is 11.6 Å². The van der Waals surface area contributed by atoms with Crippen LogP contribution in [-0.4, -0.2) is 24.3 Å². The third kappa shape index (κ3) is 3.26. The number of aromatic nitrogens is 5. The zero-order valence-electron chi connectivity index (χ0n) is 14.2. The van der Waals surface area contributed by atoms with E-state index in [4.69, 9.17) is 11.6 Å². The van der Waals surface area contributed by atoms with Crippen molar-refractivity contribution in [3.05, 3.63) is 63.6 Å². The molecule has 11 heteroatoms. The first-order valence-electron chi connectivity index (χ1n) is 7.95. The Labute approximate surface area is 160 Å². The fourth-order valence-corrected chi connectivity index (χ4v) is 2.92. The van der Waals surface area contributed by atoms with Gasteiger partial charge < -0.3 is 13.7 Å². The van der Waals surface area contributed by atoms with E-state index in [1.807, 2.05) is 17.7 Å². The molecule has 0 saturated heterocycles. The highest BCUT2D eigenvalue weighted by Gasteiger charge is 2.38. The van der Waals surface area contributed by atoms with Crippen LogP contribution < -0.4 is 5.56 Å². The van der Waals surface area contributed by atoms with Gasteiger partial charge in [0, 0.05) is 29.9 Å². The Hall–Kier alpha value is -3.14. The minimum absolute atomic E-state index is 0.122. The summed E-state index contributed by atoms with van der Waals surface area (Å²) in [5, 5.41) is 3.83. The monoisotopic (exact) mass is 409 g/mol. The Bertz CT molecular complexity index is 1240. The molecular formula is C17H11ClF3N5O2. The maximum absolute atomic E-state index is 12.6. The molecule has 0 unspecified atom stereocenters. The summed E-state index contributed by atoms with van der Waals surface area (Å²) in [7, 11) is 1.82. The van der Waals surface area contributed by atoms with Crippen molar-refractivity contribution < 1.29 is 17.7 Å². The predicted octanol–water partition coefficient (Wildman–Crippen LogP) is 3.51. The van der Waals surface area contributed by atoms with Crippen LogP contribution in [0.25, 0.3) is 22.4 Å². The first-order valence-corrected chi connectivity index (χ1v) is 8.33. The maximum Gasteiger partial charge on any atom is 0.471 e. The van der Waals surface area contributed by atoms with Gasteiger partial charge in [-0.15, -0.1) is 0 Å². The van der Waals surface area contributed by atoms with Crippen LogP contribution in [0.15, 0.2) is 45.8 Å². The molecule has 0 N–H and O–H groups in total. The van der Waals surface area contributed by atoms with Crippen LogP contribution in [0.3, 0.4) is 0 Å². The summed E-state index contributed by atoms with van der Waals surface area (Å²) in [4.78, 5) is 20.2. The number of rotatable bonds is 3. The molecule has 0 aliphatic carbocycles. The van der Waals surface area contributed by atoms with Crippen molar-refractivity contribution >= 4 is 22.6 Å². The average molecular weight is 410 g/mol. The molecule has 0 atom stereocenters. The van der Waals surface area contributed by atoms with E-state index < -0.39 is 17.6 Å². The Balaban J connectivity index is 1.65. The highest BCUT2D eigenvalue weighted by molar-refractivity contribution is 6.31. The highest BCUT2D eigenvalue weighted by Crippen LogP contribution is 2.29. The lowest BCUT2D eigenvalue weighted by Crippen LogP contribution is -2.20. The van der Waals surface area contributed by atoms with Gasteiger partial charge in [-0.2, -0.15) is 18.2 Å². The second-order valence-corrected chi connectivity index (χ2v) is 6.46. The summed E-state index contributed by atoms with van der Waals surface area (Å²) in [5.41, 5.74) is 1.23. The highest BCUT2D eigenvalue weighted by atomic mass is 35.5. The zero-order chi connectivity index (χ0) is 20.1. The fourth-order valence-electron chi connectivity index (χ4n) is 2.75. The molecular weight excluding hydrogens is 399 g/mol. The molecule has 0 spiro atoms. The van der Waals surface area contributed by atoms with Crippen LogP contribution in [0.4, 0.5) is 13.2 Å². The topological polar surface area (TPSA) is 78.7 Å². The van der Waals surface area contributed by atoms with E-state index in [1.165, 1.54) is 16.8 Å². The average Bonchev–Trinajstić information content (AvgIpc) is 3.22. The Morgan fingerprint density at radius 2 is 1.96 bits per heavy atom. The van der Waals surface area contributed by atoms with Crippen molar-refractivity contribution in [1.29, 1.82) is 0 Å². The maximum atomic E-state index is 12.6. The predicted molar refractivity (Wildman–Crippen MR) is 93.8 cm³/mol. The summed E-state index contributed by atoms with van der Waals surface area (Å²) in [5.74, 6) is -1.16. The molecule has 0 saturated carbocycles. The van der Waals surface area contributed by atoms with Gasteiger partial charge in [0.15, 0.2) is 0 Å². The summed E-state index contributed by atoms with van der Waals surface area (Å²) in [6.07, 6.45) is -3.31. The van der Waals surface area contributed by atoms with E-state index in [0.29, 0.717) is 16.4 Å². The SMILES string of the molecule is Cn1c(Cn2ccc(-c3noc(C(F)(F)F)n3)cc2=O)nc2cc(Cl)ccc21. The molecule has 1 aromatic carbocycles. The third-order valence-electron chi connectivity index (χ3n) is 4.17. The second kappa shape index (κ2) is 6.48. The summed E-state index contributed by atoms with van der Waals surface area (Å²) < 4.78 is 45.1. The number of benzene rings is 1. The molecule has 0 aliphatic rings. The van der Waals surface area contributed by atoms with Gasteiger partial charge in [-0.1, -0.05) is 16.8 Å². The van der Waals surface area contributed by atoms with Gasteiger partial charge in [-0.25, -0.2) is 4.98 Å². The van der Waals surface area contributed by atoms with Crippen molar-refractivity contribution in [2.24, 2.45) is 7.05 Å². The van der Waals surface area contributed by atoms with Crippen molar-refractivity contribution in [3.8, 4) is 11.4 Å². The fraction of sp³-hybridized carbons (Fsp3) is 0.176. The number of hydrogen-bond acceptors (Lipinski definition) is 5.